The quantitative estimate of drug-likeness (QED) is 0.761. The Morgan fingerprint density at radius 1 is 1.04 bits per heavy atom. The van der Waals surface area contributed by atoms with Gasteiger partial charge >= 0.3 is 0 Å². The fourth-order valence-electron chi connectivity index (χ4n) is 4.70. The second kappa shape index (κ2) is 7.13. The van der Waals surface area contributed by atoms with Gasteiger partial charge in [0.25, 0.3) is 10.1 Å². The van der Waals surface area contributed by atoms with E-state index in [0.29, 0.717) is 12.8 Å². The van der Waals surface area contributed by atoms with Crippen LogP contribution in [0.5, 0.6) is 0 Å². The fraction of sp³-hybridized carbons (Fsp3) is 0.941. The molecule has 25 heavy (non-hydrogen) atoms. The van der Waals surface area contributed by atoms with E-state index in [9.17, 15) is 18.4 Å². The third kappa shape index (κ3) is 4.93. The number of hydrogen-bond acceptors (Lipinski definition) is 4. The summed E-state index contributed by atoms with van der Waals surface area (Å²) in [4.78, 5) is 14.4. The molecule has 1 aliphatic carbocycles. The van der Waals surface area contributed by atoms with Crippen LogP contribution in [0.1, 0.15) is 72.6 Å². The van der Waals surface area contributed by atoms with Crippen molar-refractivity contribution >= 4 is 16.0 Å². The molecule has 1 N–H and O–H groups in total. The third-order valence-electron chi connectivity index (χ3n) is 5.53. The first-order valence-electron chi connectivity index (χ1n) is 9.07. The van der Waals surface area contributed by atoms with Crippen LogP contribution in [0.25, 0.3) is 0 Å². The molecule has 1 saturated heterocycles. The van der Waals surface area contributed by atoms with Crippen molar-refractivity contribution in [1.29, 1.82) is 0 Å². The average molecular weight is 376 g/mol. The molecule has 0 unspecified atom stereocenters. The zero-order chi connectivity index (χ0) is 19.0. The minimum atomic E-state index is -4.38. The Balaban J connectivity index is 2.32. The lowest BCUT2D eigenvalue weighted by Gasteiger charge is -2.53. The van der Waals surface area contributed by atoms with E-state index in [1.807, 2.05) is 27.7 Å². The predicted molar refractivity (Wildman–Crippen MR) is 93.8 cm³/mol. The molecule has 2 fully saturated rings. The Morgan fingerprint density at radius 3 is 1.96 bits per heavy atom. The lowest BCUT2D eigenvalue weighted by molar-refractivity contribution is -0.294. The van der Waals surface area contributed by atoms with Crippen LogP contribution in [-0.4, -0.2) is 57.8 Å². The van der Waals surface area contributed by atoms with Crippen LogP contribution in [-0.2, 0) is 20.1 Å². The summed E-state index contributed by atoms with van der Waals surface area (Å²) < 4.78 is 31.7. The topological polar surface area (TPSA) is 97.8 Å². The van der Waals surface area contributed by atoms with Crippen molar-refractivity contribution in [3.63, 3.8) is 0 Å². The minimum absolute atomic E-state index is 0.0159. The molecule has 0 aromatic rings. The summed E-state index contributed by atoms with van der Waals surface area (Å²) in [6.45, 7) is 7.45. The van der Waals surface area contributed by atoms with Crippen LogP contribution in [0.4, 0.5) is 0 Å². The molecule has 0 aromatic heterocycles. The Bertz CT molecular complexity index is 578. The van der Waals surface area contributed by atoms with Crippen molar-refractivity contribution in [3.8, 4) is 0 Å². The molecule has 0 atom stereocenters. The second-order valence-electron chi connectivity index (χ2n) is 8.80. The van der Waals surface area contributed by atoms with Gasteiger partial charge in [0.05, 0.1) is 0 Å². The molecule has 1 saturated carbocycles. The molecule has 1 amide bonds. The predicted octanol–water partition coefficient (Wildman–Crippen LogP) is 2.40. The van der Waals surface area contributed by atoms with Crippen LogP contribution in [0.2, 0.25) is 0 Å². The summed E-state index contributed by atoms with van der Waals surface area (Å²) in [5.74, 6) is -1.44. The first kappa shape index (κ1) is 20.6. The van der Waals surface area contributed by atoms with Crippen molar-refractivity contribution in [1.82, 2.24) is 9.96 Å². The summed E-state index contributed by atoms with van der Waals surface area (Å²) in [7, 11) is -4.38. The zero-order valence-corrected chi connectivity index (χ0v) is 16.5. The summed E-state index contributed by atoms with van der Waals surface area (Å²) in [6.07, 6.45) is 5.81. The lowest BCUT2D eigenvalue weighted by Crippen LogP contribution is -2.64. The molecule has 1 radical (unpaired) electrons. The first-order chi connectivity index (χ1) is 11.3. The summed E-state index contributed by atoms with van der Waals surface area (Å²) in [6, 6.07) is -0.217. The smallest absolute Gasteiger partial charge is 0.274 e. The zero-order valence-electron chi connectivity index (χ0n) is 15.7. The van der Waals surface area contributed by atoms with Gasteiger partial charge in [0.2, 0.25) is 5.91 Å². The van der Waals surface area contributed by atoms with E-state index in [1.165, 1.54) is 0 Å². The highest BCUT2D eigenvalue weighted by Crippen LogP contribution is 2.40. The average Bonchev–Trinajstić information content (AvgIpc) is 2.43. The largest absolute Gasteiger partial charge is 0.336 e. The van der Waals surface area contributed by atoms with Gasteiger partial charge in [-0.1, -0.05) is 19.3 Å². The Morgan fingerprint density at radius 2 is 1.52 bits per heavy atom. The van der Waals surface area contributed by atoms with E-state index in [-0.39, 0.29) is 12.1 Å². The van der Waals surface area contributed by atoms with E-state index in [2.05, 4.69) is 0 Å². The van der Waals surface area contributed by atoms with E-state index < -0.39 is 32.9 Å². The molecular weight excluding hydrogens is 344 g/mol. The van der Waals surface area contributed by atoms with Gasteiger partial charge in [-0.05, 0) is 53.4 Å². The number of carbonyl (C=O) groups is 1. The SMILES string of the molecule is CC1(C)CC(N(C(=O)CS(=O)(=O)O)C2CCCCC2)CC(C)(C)N1[O]. The highest BCUT2D eigenvalue weighted by atomic mass is 32.2. The van der Waals surface area contributed by atoms with Crippen molar-refractivity contribution in [2.75, 3.05) is 5.75 Å². The van der Waals surface area contributed by atoms with Crippen LogP contribution in [0.15, 0.2) is 0 Å². The highest BCUT2D eigenvalue weighted by molar-refractivity contribution is 7.86. The Labute approximate surface area is 151 Å². The van der Waals surface area contributed by atoms with Crippen molar-refractivity contribution < 1.29 is 23.0 Å². The number of carbonyl (C=O) groups excluding carboxylic acids is 1. The molecule has 2 rings (SSSR count). The number of hydrogen-bond donors (Lipinski definition) is 1. The molecular formula is C17H31N2O5S. The van der Waals surface area contributed by atoms with Gasteiger partial charge in [-0.3, -0.25) is 9.35 Å². The van der Waals surface area contributed by atoms with Crippen LogP contribution in [0, 0.1) is 0 Å². The summed E-state index contributed by atoms with van der Waals surface area (Å²) in [5, 5.41) is 13.7. The van der Waals surface area contributed by atoms with Crippen LogP contribution < -0.4 is 0 Å². The number of amides is 1. The monoisotopic (exact) mass is 375 g/mol. The van der Waals surface area contributed by atoms with Gasteiger partial charge < -0.3 is 4.90 Å². The molecule has 0 bridgehead atoms. The first-order valence-corrected chi connectivity index (χ1v) is 10.7. The standard InChI is InChI=1S/C17H31N2O5S/c1-16(2)10-14(11-17(3,4)19(16)21)18(13-8-6-5-7-9-13)15(20)12-25(22,23)24/h13-14H,5-12H2,1-4H3,(H,22,23,24). The van der Waals surface area contributed by atoms with Gasteiger partial charge in [-0.2, -0.15) is 8.42 Å². The maximum atomic E-state index is 12.8. The van der Waals surface area contributed by atoms with E-state index in [4.69, 9.17) is 4.55 Å². The molecule has 1 heterocycles. The second-order valence-corrected chi connectivity index (χ2v) is 10.3. The van der Waals surface area contributed by atoms with Gasteiger partial charge in [0.1, 0.15) is 0 Å². The number of nitrogens with zero attached hydrogens (tertiary/aromatic N) is 2. The number of rotatable bonds is 4. The highest BCUT2D eigenvalue weighted by Gasteiger charge is 2.49. The van der Waals surface area contributed by atoms with Gasteiger partial charge in [0, 0.05) is 23.2 Å². The van der Waals surface area contributed by atoms with Crippen LogP contribution >= 0.6 is 0 Å². The maximum Gasteiger partial charge on any atom is 0.274 e. The van der Waals surface area contributed by atoms with Crippen molar-refractivity contribution in [2.45, 2.75) is 95.8 Å². The normalized spacial score (nSPS) is 25.7. The minimum Gasteiger partial charge on any atom is -0.336 e. The Kier molecular flexibility index (Phi) is 5.88. The molecule has 1 aliphatic heterocycles. The van der Waals surface area contributed by atoms with Gasteiger partial charge in [0.15, 0.2) is 5.75 Å². The maximum absolute atomic E-state index is 12.8. The summed E-state index contributed by atoms with van der Waals surface area (Å²) in [5.41, 5.74) is -1.28. The van der Waals surface area contributed by atoms with E-state index >= 15 is 0 Å². The van der Waals surface area contributed by atoms with Gasteiger partial charge in [-0.15, -0.1) is 10.3 Å². The number of hydroxylamine groups is 2. The molecule has 7 nitrogen and oxygen atoms in total. The lowest BCUT2D eigenvalue weighted by atomic mass is 9.77. The third-order valence-corrected chi connectivity index (χ3v) is 6.14. The van der Waals surface area contributed by atoms with Gasteiger partial charge in [-0.25, -0.2) is 0 Å². The molecule has 0 aromatic carbocycles. The van der Waals surface area contributed by atoms with Crippen molar-refractivity contribution in [3.05, 3.63) is 0 Å². The molecule has 8 heteroatoms. The molecule has 145 valence electrons. The fourth-order valence-corrected chi connectivity index (χ4v) is 5.16. The van der Waals surface area contributed by atoms with E-state index in [1.54, 1.807) is 4.90 Å². The number of piperidine rings is 1. The van der Waals surface area contributed by atoms with Crippen molar-refractivity contribution in [2.24, 2.45) is 0 Å². The molecule has 0 spiro atoms. The summed E-state index contributed by atoms with van der Waals surface area (Å²) >= 11 is 0. The van der Waals surface area contributed by atoms with Crippen LogP contribution in [0.3, 0.4) is 0 Å². The Hall–Kier alpha value is -0.700. The van der Waals surface area contributed by atoms with E-state index in [0.717, 1.165) is 37.2 Å². The molecule has 2 aliphatic rings.